The van der Waals surface area contributed by atoms with Gasteiger partial charge in [0.2, 0.25) is 10.0 Å². The average Bonchev–Trinajstić information content (AvgIpc) is 2.73. The van der Waals surface area contributed by atoms with Crippen molar-refractivity contribution in [1.82, 2.24) is 14.3 Å². The second kappa shape index (κ2) is 7.70. The lowest BCUT2D eigenvalue weighted by Gasteiger charge is -2.34. The Morgan fingerprint density at radius 2 is 1.72 bits per heavy atom. The van der Waals surface area contributed by atoms with Crippen LogP contribution in [-0.2, 0) is 10.0 Å². The van der Waals surface area contributed by atoms with Crippen LogP contribution < -0.4 is 10.5 Å². The number of piperazine rings is 1. The van der Waals surface area contributed by atoms with Crippen LogP contribution in [0.15, 0.2) is 58.2 Å². The number of aryl methyl sites for hydroxylation is 1. The molecule has 1 atom stereocenters. The second-order valence-corrected chi connectivity index (χ2v) is 9.50. The highest BCUT2D eigenvalue weighted by atomic mass is 32.2. The zero-order valence-corrected chi connectivity index (χ0v) is 17.4. The maximum Gasteiger partial charge on any atom is 0.258 e. The number of H-pyrrole nitrogens is 1. The van der Waals surface area contributed by atoms with Gasteiger partial charge in [-0.2, -0.15) is 4.31 Å². The fraction of sp³-hybridized carbons (Fsp3) is 0.333. The van der Waals surface area contributed by atoms with Crippen LogP contribution in [0.3, 0.4) is 0 Å². The van der Waals surface area contributed by atoms with Crippen LogP contribution in [0.25, 0.3) is 10.9 Å². The van der Waals surface area contributed by atoms with Gasteiger partial charge in [-0.05, 0) is 38.1 Å². The second-order valence-electron chi connectivity index (χ2n) is 7.57. The third-order valence-corrected chi connectivity index (χ3v) is 7.59. The molecule has 2 heterocycles. The number of quaternary nitrogens is 1. The molecule has 1 aliphatic heterocycles. The number of benzene rings is 2. The number of hydrogen-bond acceptors (Lipinski definition) is 4. The first-order chi connectivity index (χ1) is 13.9. The summed E-state index contributed by atoms with van der Waals surface area (Å²) in [7, 11) is -3.48. The summed E-state index contributed by atoms with van der Waals surface area (Å²) in [5, 5.41) is 0.576. The lowest BCUT2D eigenvalue weighted by Crippen LogP contribution is -3.14. The van der Waals surface area contributed by atoms with Gasteiger partial charge >= 0.3 is 0 Å². The summed E-state index contributed by atoms with van der Waals surface area (Å²) in [6, 6.07) is 14.2. The molecule has 29 heavy (non-hydrogen) atoms. The molecule has 0 radical (unpaired) electrons. The Morgan fingerprint density at radius 1 is 1.07 bits per heavy atom. The summed E-state index contributed by atoms with van der Waals surface area (Å²) in [6.07, 6.45) is 0. The first-order valence-corrected chi connectivity index (χ1v) is 11.2. The molecule has 1 aliphatic rings. The zero-order chi connectivity index (χ0) is 20.6. The highest BCUT2D eigenvalue weighted by Gasteiger charge is 2.33. The molecule has 2 N–H and O–H groups in total. The quantitative estimate of drug-likeness (QED) is 0.665. The Balaban J connectivity index is 1.49. The fourth-order valence-electron chi connectivity index (χ4n) is 3.81. The normalized spacial score (nSPS) is 17.4. The monoisotopic (exact) mass is 413 g/mol. The number of para-hydroxylation sites is 1. The molecule has 1 aromatic heterocycles. The van der Waals surface area contributed by atoms with E-state index in [0.717, 1.165) is 5.56 Å². The van der Waals surface area contributed by atoms with Crippen molar-refractivity contribution in [3.8, 4) is 0 Å². The Bertz CT molecular complexity index is 1180. The molecule has 0 saturated carbocycles. The predicted octanol–water partition coefficient (Wildman–Crippen LogP) is 0.882. The van der Waals surface area contributed by atoms with Crippen LogP contribution in [0, 0.1) is 6.92 Å². The molecular formula is C21H25N4O3S+. The molecule has 0 bridgehead atoms. The molecule has 1 fully saturated rings. The highest BCUT2D eigenvalue weighted by molar-refractivity contribution is 7.89. The average molecular weight is 414 g/mol. The summed E-state index contributed by atoms with van der Waals surface area (Å²) in [6.45, 7) is 6.14. The number of aromatic amines is 1. The van der Waals surface area contributed by atoms with Gasteiger partial charge in [0, 0.05) is 0 Å². The van der Waals surface area contributed by atoms with Crippen molar-refractivity contribution < 1.29 is 13.3 Å². The topological polar surface area (TPSA) is 87.6 Å². The van der Waals surface area contributed by atoms with Gasteiger partial charge in [-0.1, -0.05) is 29.8 Å². The maximum absolute atomic E-state index is 12.9. The van der Waals surface area contributed by atoms with E-state index in [9.17, 15) is 13.2 Å². The molecule has 1 saturated heterocycles. The van der Waals surface area contributed by atoms with E-state index < -0.39 is 10.0 Å². The third kappa shape index (κ3) is 3.83. The van der Waals surface area contributed by atoms with E-state index in [4.69, 9.17) is 0 Å². The minimum atomic E-state index is -3.48. The van der Waals surface area contributed by atoms with Crippen molar-refractivity contribution >= 4 is 20.9 Å². The van der Waals surface area contributed by atoms with Gasteiger partial charge in [0.1, 0.15) is 6.04 Å². The van der Waals surface area contributed by atoms with Crippen LogP contribution in [0.4, 0.5) is 0 Å². The lowest BCUT2D eigenvalue weighted by molar-refractivity contribution is -0.933. The Hall–Kier alpha value is -2.55. The van der Waals surface area contributed by atoms with Crippen molar-refractivity contribution in [2.75, 3.05) is 26.2 Å². The standard InChI is InChI=1S/C21H24N4O3S/c1-15-7-9-17(10-8-15)29(27,28)25-13-11-24(12-14-25)16(2)20-22-19-6-4-3-5-18(19)21(26)23-20/h3-10,16H,11-14H2,1-2H3,(H,22,23,26)/p+1/t16-/m0/s1. The molecule has 7 nitrogen and oxygen atoms in total. The van der Waals surface area contributed by atoms with Gasteiger partial charge in [-0.25, -0.2) is 13.4 Å². The number of fused-ring (bicyclic) bond motifs is 1. The predicted molar refractivity (Wildman–Crippen MR) is 111 cm³/mol. The van der Waals surface area contributed by atoms with Crippen molar-refractivity contribution in [3.05, 3.63) is 70.3 Å². The molecule has 3 aromatic rings. The fourth-order valence-corrected chi connectivity index (χ4v) is 5.25. The molecule has 0 amide bonds. The highest BCUT2D eigenvalue weighted by Crippen LogP contribution is 2.17. The van der Waals surface area contributed by atoms with Gasteiger partial charge in [0.05, 0.1) is 42.0 Å². The lowest BCUT2D eigenvalue weighted by atomic mass is 10.2. The SMILES string of the molecule is Cc1ccc(S(=O)(=O)N2CC[NH+]([C@@H](C)c3nc4ccccc4c(=O)[nH]3)CC2)cc1. The number of nitrogens with one attached hydrogen (secondary N) is 2. The summed E-state index contributed by atoms with van der Waals surface area (Å²) in [5.74, 6) is 0.638. The summed E-state index contributed by atoms with van der Waals surface area (Å²) < 4.78 is 27.3. The minimum Gasteiger partial charge on any atom is -0.324 e. The van der Waals surface area contributed by atoms with E-state index in [-0.39, 0.29) is 11.6 Å². The van der Waals surface area contributed by atoms with E-state index in [1.54, 1.807) is 22.5 Å². The van der Waals surface area contributed by atoms with E-state index in [2.05, 4.69) is 9.97 Å². The zero-order valence-electron chi connectivity index (χ0n) is 16.6. The number of sulfonamides is 1. The third-order valence-electron chi connectivity index (χ3n) is 5.68. The molecular weight excluding hydrogens is 388 g/mol. The number of rotatable bonds is 4. The van der Waals surface area contributed by atoms with E-state index >= 15 is 0 Å². The van der Waals surface area contributed by atoms with E-state index in [0.29, 0.717) is 47.8 Å². The Kier molecular flexibility index (Phi) is 5.24. The largest absolute Gasteiger partial charge is 0.324 e. The van der Waals surface area contributed by atoms with Crippen molar-refractivity contribution in [2.24, 2.45) is 0 Å². The maximum atomic E-state index is 12.9. The summed E-state index contributed by atoms with van der Waals surface area (Å²) in [4.78, 5) is 21.4. The minimum absolute atomic E-state index is 0.0310. The molecule has 8 heteroatoms. The van der Waals surface area contributed by atoms with Crippen molar-refractivity contribution in [1.29, 1.82) is 0 Å². The first-order valence-electron chi connectivity index (χ1n) is 9.76. The van der Waals surface area contributed by atoms with Crippen LogP contribution in [0.5, 0.6) is 0 Å². The Labute approximate surface area is 170 Å². The Morgan fingerprint density at radius 3 is 2.41 bits per heavy atom. The van der Waals surface area contributed by atoms with Crippen molar-refractivity contribution in [3.63, 3.8) is 0 Å². The number of nitrogens with zero attached hydrogens (tertiary/aromatic N) is 2. The van der Waals surface area contributed by atoms with Gasteiger partial charge in [-0.15, -0.1) is 0 Å². The number of aromatic nitrogens is 2. The van der Waals surface area contributed by atoms with E-state index in [1.807, 2.05) is 44.2 Å². The summed E-state index contributed by atoms with van der Waals surface area (Å²) >= 11 is 0. The smallest absolute Gasteiger partial charge is 0.258 e. The van der Waals surface area contributed by atoms with Crippen LogP contribution in [-0.4, -0.2) is 48.9 Å². The molecule has 2 aromatic carbocycles. The van der Waals surface area contributed by atoms with Gasteiger partial charge in [-0.3, -0.25) is 4.79 Å². The molecule has 0 aliphatic carbocycles. The van der Waals surface area contributed by atoms with Gasteiger partial charge in [0.25, 0.3) is 5.56 Å². The van der Waals surface area contributed by atoms with Crippen molar-refractivity contribution in [2.45, 2.75) is 24.8 Å². The molecule has 152 valence electrons. The molecule has 0 unspecified atom stereocenters. The molecule has 4 rings (SSSR count). The van der Waals surface area contributed by atoms with E-state index in [1.165, 1.54) is 4.90 Å². The van der Waals surface area contributed by atoms with Crippen LogP contribution in [0.2, 0.25) is 0 Å². The van der Waals surface area contributed by atoms with Crippen LogP contribution in [0.1, 0.15) is 24.4 Å². The van der Waals surface area contributed by atoms with Crippen LogP contribution >= 0.6 is 0 Å². The first kappa shape index (κ1) is 19.8. The number of hydrogen-bond donors (Lipinski definition) is 2. The molecule has 0 spiro atoms. The van der Waals surface area contributed by atoms with Gasteiger partial charge in [0.15, 0.2) is 5.82 Å². The summed E-state index contributed by atoms with van der Waals surface area (Å²) in [5.41, 5.74) is 1.57. The van der Waals surface area contributed by atoms with Gasteiger partial charge < -0.3 is 9.88 Å².